The zero-order valence-corrected chi connectivity index (χ0v) is 14.9. The van der Waals surface area contributed by atoms with Gasteiger partial charge in [0, 0.05) is 19.3 Å². The maximum Gasteiger partial charge on any atom is 0.281 e. The van der Waals surface area contributed by atoms with Gasteiger partial charge < -0.3 is 19.5 Å². The van der Waals surface area contributed by atoms with Crippen LogP contribution in [0, 0.1) is 0 Å². The molecule has 8 heteroatoms. The van der Waals surface area contributed by atoms with Gasteiger partial charge in [0.1, 0.15) is 11.5 Å². The van der Waals surface area contributed by atoms with E-state index in [1.165, 1.54) is 26.0 Å². The average Bonchev–Trinajstić information content (AvgIpc) is 2.66. The Hall–Kier alpha value is -3.29. The minimum atomic E-state index is -1.74. The van der Waals surface area contributed by atoms with Gasteiger partial charge in [-0.2, -0.15) is 0 Å². The molecule has 0 unspecified atom stereocenters. The molecule has 1 aliphatic rings. The van der Waals surface area contributed by atoms with Gasteiger partial charge in [0.15, 0.2) is 11.6 Å². The van der Waals surface area contributed by atoms with Crippen LogP contribution in [0.25, 0.3) is 0 Å². The molecule has 0 spiro atoms. The van der Waals surface area contributed by atoms with Crippen molar-refractivity contribution in [2.75, 3.05) is 31.5 Å². The van der Waals surface area contributed by atoms with Crippen LogP contribution in [0.1, 0.15) is 6.92 Å². The Bertz CT molecular complexity index is 870. The van der Waals surface area contributed by atoms with E-state index in [4.69, 9.17) is 14.2 Å². The number of carbonyl (C=O) groups excluding carboxylic acids is 2. The summed E-state index contributed by atoms with van der Waals surface area (Å²) in [5, 5.41) is 2.69. The fourth-order valence-electron chi connectivity index (χ4n) is 2.68. The molecule has 26 heavy (non-hydrogen) atoms. The maximum atomic E-state index is 12.9. The number of anilines is 2. The molecule has 0 aliphatic carbocycles. The third kappa shape index (κ3) is 2.79. The number of methoxy groups -OCH3 is 2. The van der Waals surface area contributed by atoms with Crippen LogP contribution in [-0.2, 0) is 9.59 Å². The van der Waals surface area contributed by atoms with Gasteiger partial charge in [0.2, 0.25) is 0 Å². The van der Waals surface area contributed by atoms with Gasteiger partial charge in [0.05, 0.1) is 19.9 Å². The van der Waals surface area contributed by atoms with Crippen molar-refractivity contribution in [3.8, 4) is 17.2 Å². The van der Waals surface area contributed by atoms with Crippen LogP contribution in [0.15, 0.2) is 36.5 Å². The Balaban J connectivity index is 1.91. The van der Waals surface area contributed by atoms with Crippen LogP contribution in [0.3, 0.4) is 0 Å². The third-order valence-electron chi connectivity index (χ3n) is 4.19. The van der Waals surface area contributed by atoms with Crippen LogP contribution in [0.2, 0.25) is 0 Å². The highest BCUT2D eigenvalue weighted by Crippen LogP contribution is 2.36. The number of likely N-dealkylation sites (N-methyl/N-ethyl adjacent to an activating group) is 1. The normalized spacial score (nSPS) is 18.6. The van der Waals surface area contributed by atoms with Crippen molar-refractivity contribution in [2.24, 2.45) is 0 Å². The van der Waals surface area contributed by atoms with E-state index < -0.39 is 17.4 Å². The number of ether oxygens (including phenoxy) is 3. The van der Waals surface area contributed by atoms with Crippen LogP contribution in [-0.4, -0.2) is 43.7 Å². The molecule has 0 saturated heterocycles. The van der Waals surface area contributed by atoms with E-state index in [2.05, 4.69) is 10.3 Å². The second-order valence-electron chi connectivity index (χ2n) is 5.84. The molecule has 1 atom stereocenters. The molecule has 1 N–H and O–H groups in total. The van der Waals surface area contributed by atoms with Crippen molar-refractivity contribution in [3.63, 3.8) is 0 Å². The molecule has 1 aliphatic heterocycles. The number of rotatable bonds is 4. The van der Waals surface area contributed by atoms with Crippen molar-refractivity contribution < 1.29 is 23.8 Å². The van der Waals surface area contributed by atoms with E-state index in [1.54, 1.807) is 43.6 Å². The number of pyridine rings is 1. The fourth-order valence-corrected chi connectivity index (χ4v) is 2.68. The quantitative estimate of drug-likeness (QED) is 0.840. The summed E-state index contributed by atoms with van der Waals surface area (Å²) in [6.45, 7) is 1.42. The van der Waals surface area contributed by atoms with Crippen LogP contribution in [0.5, 0.6) is 17.2 Å². The molecule has 136 valence electrons. The van der Waals surface area contributed by atoms with E-state index in [-0.39, 0.29) is 0 Å². The Morgan fingerprint density at radius 2 is 2.04 bits per heavy atom. The lowest BCUT2D eigenvalue weighted by molar-refractivity contribution is -0.145. The van der Waals surface area contributed by atoms with Crippen LogP contribution < -0.4 is 24.4 Å². The zero-order valence-electron chi connectivity index (χ0n) is 14.9. The summed E-state index contributed by atoms with van der Waals surface area (Å²) in [5.74, 6) is 0.565. The van der Waals surface area contributed by atoms with Crippen LogP contribution >= 0.6 is 0 Å². The predicted molar refractivity (Wildman–Crippen MR) is 94.9 cm³/mol. The molecule has 2 heterocycles. The van der Waals surface area contributed by atoms with Gasteiger partial charge in [-0.3, -0.25) is 14.5 Å². The first kappa shape index (κ1) is 17.5. The van der Waals surface area contributed by atoms with Crippen LogP contribution in [0.4, 0.5) is 11.5 Å². The number of hydrogen-bond donors (Lipinski definition) is 1. The Kier molecular flexibility index (Phi) is 4.41. The van der Waals surface area contributed by atoms with Gasteiger partial charge in [-0.1, -0.05) is 0 Å². The smallest absolute Gasteiger partial charge is 0.281 e. The van der Waals surface area contributed by atoms with Crippen molar-refractivity contribution >= 4 is 23.3 Å². The number of fused-ring (bicyclic) bond motifs is 1. The SMILES string of the molecule is COc1ccc(NC(=O)[C@]2(C)Oc3cccnc3N(C)C2=O)c(OC)c1. The topological polar surface area (TPSA) is 90.0 Å². The largest absolute Gasteiger partial charge is 0.497 e. The first-order valence-electron chi connectivity index (χ1n) is 7.86. The number of hydrogen-bond acceptors (Lipinski definition) is 6. The number of benzene rings is 1. The van der Waals surface area contributed by atoms with Gasteiger partial charge in [-0.05, 0) is 31.2 Å². The van der Waals surface area contributed by atoms with E-state index in [1.807, 2.05) is 0 Å². The lowest BCUT2D eigenvalue weighted by atomic mass is 10.0. The minimum absolute atomic E-state index is 0.356. The molecule has 1 aromatic carbocycles. The molecule has 0 saturated carbocycles. The number of nitrogens with zero attached hydrogens (tertiary/aromatic N) is 2. The third-order valence-corrected chi connectivity index (χ3v) is 4.19. The number of aromatic nitrogens is 1. The summed E-state index contributed by atoms with van der Waals surface area (Å²) in [6.07, 6.45) is 1.55. The van der Waals surface area contributed by atoms with Crippen molar-refractivity contribution in [2.45, 2.75) is 12.5 Å². The van der Waals surface area contributed by atoms with E-state index in [0.717, 1.165) is 0 Å². The van der Waals surface area contributed by atoms with Gasteiger partial charge in [0.25, 0.3) is 17.4 Å². The highest BCUT2D eigenvalue weighted by Gasteiger charge is 2.50. The van der Waals surface area contributed by atoms with Crippen molar-refractivity contribution in [1.29, 1.82) is 0 Å². The standard InChI is InChI=1S/C18H19N3O5/c1-18(17(23)21(2)15-13(26-18)6-5-9-19-15)16(22)20-12-8-7-11(24-3)10-14(12)25-4/h5-10H,1-4H3,(H,20,22)/t18-/m0/s1. The highest BCUT2D eigenvalue weighted by molar-refractivity contribution is 6.19. The molecule has 1 aromatic heterocycles. The van der Waals surface area contributed by atoms with Gasteiger partial charge in [-0.25, -0.2) is 4.98 Å². The second-order valence-corrected chi connectivity index (χ2v) is 5.84. The highest BCUT2D eigenvalue weighted by atomic mass is 16.5. The molecule has 3 rings (SSSR count). The summed E-state index contributed by atoms with van der Waals surface area (Å²) in [5.41, 5.74) is -1.34. The summed E-state index contributed by atoms with van der Waals surface area (Å²) in [6, 6.07) is 8.27. The molecule has 0 bridgehead atoms. The number of amides is 2. The monoisotopic (exact) mass is 357 g/mol. The Labute approximate surface area is 150 Å². The van der Waals surface area contributed by atoms with E-state index in [0.29, 0.717) is 28.8 Å². The molecule has 2 aromatic rings. The Morgan fingerprint density at radius 1 is 1.27 bits per heavy atom. The first-order valence-corrected chi connectivity index (χ1v) is 7.86. The maximum absolute atomic E-state index is 12.9. The lowest BCUT2D eigenvalue weighted by Gasteiger charge is -2.37. The van der Waals surface area contributed by atoms with Gasteiger partial charge >= 0.3 is 0 Å². The van der Waals surface area contributed by atoms with E-state index >= 15 is 0 Å². The second kappa shape index (κ2) is 6.55. The minimum Gasteiger partial charge on any atom is -0.497 e. The molecular weight excluding hydrogens is 338 g/mol. The summed E-state index contributed by atoms with van der Waals surface area (Å²) in [7, 11) is 4.56. The molecular formula is C18H19N3O5. The number of nitrogens with one attached hydrogen (secondary N) is 1. The zero-order chi connectivity index (χ0) is 18.9. The van der Waals surface area contributed by atoms with Gasteiger partial charge in [-0.15, -0.1) is 0 Å². The van der Waals surface area contributed by atoms with Crippen molar-refractivity contribution in [1.82, 2.24) is 4.98 Å². The fraction of sp³-hybridized carbons (Fsp3) is 0.278. The number of carbonyl (C=O) groups is 2. The summed E-state index contributed by atoms with van der Waals surface area (Å²) in [4.78, 5) is 31.1. The lowest BCUT2D eigenvalue weighted by Crippen LogP contribution is -2.60. The molecule has 0 radical (unpaired) electrons. The summed E-state index contributed by atoms with van der Waals surface area (Å²) >= 11 is 0. The predicted octanol–water partition coefficient (Wildman–Crippen LogP) is 1.85. The van der Waals surface area contributed by atoms with Crippen molar-refractivity contribution in [3.05, 3.63) is 36.5 Å². The molecule has 0 fully saturated rings. The first-order chi connectivity index (χ1) is 12.4. The molecule has 8 nitrogen and oxygen atoms in total. The van der Waals surface area contributed by atoms with E-state index in [9.17, 15) is 9.59 Å². The molecule has 2 amide bonds. The Morgan fingerprint density at radius 3 is 2.73 bits per heavy atom. The average molecular weight is 357 g/mol. The summed E-state index contributed by atoms with van der Waals surface area (Å²) < 4.78 is 16.1.